The lowest BCUT2D eigenvalue weighted by Gasteiger charge is -2.15. The second kappa shape index (κ2) is 5.21. The van der Waals surface area contributed by atoms with Crippen molar-refractivity contribution < 1.29 is 4.52 Å². The zero-order chi connectivity index (χ0) is 12.2. The van der Waals surface area contributed by atoms with E-state index < -0.39 is 0 Å². The molecule has 0 bridgehead atoms. The fourth-order valence-electron chi connectivity index (χ4n) is 2.31. The van der Waals surface area contributed by atoms with Gasteiger partial charge >= 0.3 is 6.01 Å². The summed E-state index contributed by atoms with van der Waals surface area (Å²) in [6, 6.07) is 10.6. The van der Waals surface area contributed by atoms with Gasteiger partial charge in [0.25, 0.3) is 0 Å². The van der Waals surface area contributed by atoms with E-state index in [1.165, 1.54) is 25.7 Å². The van der Waals surface area contributed by atoms with Gasteiger partial charge < -0.3 is 9.42 Å². The van der Waals surface area contributed by atoms with E-state index in [1.807, 2.05) is 30.3 Å². The van der Waals surface area contributed by atoms with Crippen molar-refractivity contribution in [2.75, 3.05) is 18.0 Å². The van der Waals surface area contributed by atoms with E-state index in [0.717, 1.165) is 18.7 Å². The molecule has 0 radical (unpaired) electrons. The van der Waals surface area contributed by atoms with Gasteiger partial charge in [0.1, 0.15) is 0 Å². The van der Waals surface area contributed by atoms with Crippen molar-refractivity contribution in [1.82, 2.24) is 10.1 Å². The van der Waals surface area contributed by atoms with E-state index in [9.17, 15) is 0 Å². The van der Waals surface area contributed by atoms with Crippen LogP contribution in [0.2, 0.25) is 0 Å². The SMILES string of the molecule is c1ccc(-c2noc(N3CCCCCC3)n2)cc1. The highest BCUT2D eigenvalue weighted by molar-refractivity contribution is 5.55. The Morgan fingerprint density at radius 3 is 2.39 bits per heavy atom. The lowest BCUT2D eigenvalue weighted by Crippen LogP contribution is -2.24. The number of nitrogens with zero attached hydrogens (tertiary/aromatic N) is 3. The Hall–Kier alpha value is -1.84. The first-order valence-corrected chi connectivity index (χ1v) is 6.57. The highest BCUT2D eigenvalue weighted by Crippen LogP contribution is 2.21. The van der Waals surface area contributed by atoms with E-state index >= 15 is 0 Å². The van der Waals surface area contributed by atoms with Crippen LogP contribution in [0, 0.1) is 0 Å². The van der Waals surface area contributed by atoms with Crippen LogP contribution in [-0.4, -0.2) is 23.2 Å². The van der Waals surface area contributed by atoms with Gasteiger partial charge in [-0.25, -0.2) is 0 Å². The first kappa shape index (κ1) is 11.3. The minimum atomic E-state index is 0.663. The summed E-state index contributed by atoms with van der Waals surface area (Å²) in [6.07, 6.45) is 5.03. The Labute approximate surface area is 107 Å². The summed E-state index contributed by atoms with van der Waals surface area (Å²) in [5.41, 5.74) is 1.00. The van der Waals surface area contributed by atoms with Crippen LogP contribution in [0.1, 0.15) is 25.7 Å². The average Bonchev–Trinajstić information content (AvgIpc) is 2.76. The molecule has 1 aromatic carbocycles. The van der Waals surface area contributed by atoms with Crippen molar-refractivity contribution in [1.29, 1.82) is 0 Å². The summed E-state index contributed by atoms with van der Waals surface area (Å²) >= 11 is 0. The van der Waals surface area contributed by atoms with Gasteiger partial charge in [0.2, 0.25) is 5.82 Å². The van der Waals surface area contributed by atoms with Crippen LogP contribution >= 0.6 is 0 Å². The molecular weight excluding hydrogens is 226 g/mol. The van der Waals surface area contributed by atoms with Gasteiger partial charge in [-0.1, -0.05) is 48.3 Å². The molecule has 18 heavy (non-hydrogen) atoms. The molecule has 0 atom stereocenters. The monoisotopic (exact) mass is 243 g/mol. The second-order valence-electron chi connectivity index (χ2n) is 4.67. The normalized spacial score (nSPS) is 16.6. The summed E-state index contributed by atoms with van der Waals surface area (Å²) in [6.45, 7) is 2.05. The fraction of sp³-hybridized carbons (Fsp3) is 0.429. The number of benzene rings is 1. The Morgan fingerprint density at radius 2 is 1.67 bits per heavy atom. The largest absolute Gasteiger partial charge is 0.324 e. The molecule has 0 aliphatic carbocycles. The summed E-state index contributed by atoms with van der Waals surface area (Å²) < 4.78 is 5.38. The third-order valence-corrected chi connectivity index (χ3v) is 3.32. The molecule has 2 heterocycles. The van der Waals surface area contributed by atoms with Crippen molar-refractivity contribution in [2.24, 2.45) is 0 Å². The smallest absolute Gasteiger partial charge is 0.324 e. The lowest BCUT2D eigenvalue weighted by atomic mass is 10.2. The summed E-state index contributed by atoms with van der Waals surface area (Å²) in [5.74, 6) is 0.676. The van der Waals surface area contributed by atoms with E-state index in [-0.39, 0.29) is 0 Å². The van der Waals surface area contributed by atoms with Crippen LogP contribution < -0.4 is 4.90 Å². The molecule has 0 spiro atoms. The van der Waals surface area contributed by atoms with Gasteiger partial charge in [-0.2, -0.15) is 4.98 Å². The van der Waals surface area contributed by atoms with Crippen molar-refractivity contribution in [3.8, 4) is 11.4 Å². The topological polar surface area (TPSA) is 42.2 Å². The molecule has 4 nitrogen and oxygen atoms in total. The summed E-state index contributed by atoms with van der Waals surface area (Å²) in [5, 5.41) is 4.06. The maximum Gasteiger partial charge on any atom is 0.324 e. The molecule has 1 fully saturated rings. The van der Waals surface area contributed by atoms with Crippen molar-refractivity contribution in [3.05, 3.63) is 30.3 Å². The second-order valence-corrected chi connectivity index (χ2v) is 4.67. The van der Waals surface area contributed by atoms with Crippen LogP contribution in [-0.2, 0) is 0 Å². The molecule has 3 rings (SSSR count). The molecule has 0 unspecified atom stereocenters. The average molecular weight is 243 g/mol. The number of anilines is 1. The van der Waals surface area contributed by atoms with E-state index in [0.29, 0.717) is 11.8 Å². The predicted molar refractivity (Wildman–Crippen MR) is 70.4 cm³/mol. The molecule has 0 N–H and O–H groups in total. The Kier molecular flexibility index (Phi) is 3.26. The standard InChI is InChI=1S/C14H17N3O/c1-2-7-11-17(10-6-1)14-15-13(16-18-14)12-8-4-3-5-9-12/h3-5,8-9H,1-2,6-7,10-11H2. The molecule has 1 aliphatic rings. The van der Waals surface area contributed by atoms with Crippen LogP contribution in [0.4, 0.5) is 6.01 Å². The number of hydrogen-bond acceptors (Lipinski definition) is 4. The molecule has 2 aromatic rings. The zero-order valence-electron chi connectivity index (χ0n) is 10.4. The first-order chi connectivity index (χ1) is 8.93. The molecular formula is C14H17N3O. The maximum atomic E-state index is 5.38. The first-order valence-electron chi connectivity index (χ1n) is 6.57. The Morgan fingerprint density at radius 1 is 0.944 bits per heavy atom. The van der Waals surface area contributed by atoms with E-state index in [1.54, 1.807) is 0 Å². The molecule has 0 saturated carbocycles. The molecule has 1 aliphatic heterocycles. The number of rotatable bonds is 2. The van der Waals surface area contributed by atoms with E-state index in [4.69, 9.17) is 4.52 Å². The van der Waals surface area contributed by atoms with Crippen LogP contribution in [0.15, 0.2) is 34.9 Å². The number of hydrogen-bond donors (Lipinski definition) is 0. The minimum absolute atomic E-state index is 0.663. The Balaban J connectivity index is 1.80. The third kappa shape index (κ3) is 2.37. The molecule has 0 amide bonds. The van der Waals surface area contributed by atoms with Gasteiger partial charge in [-0.15, -0.1) is 0 Å². The predicted octanol–water partition coefficient (Wildman–Crippen LogP) is 3.12. The van der Waals surface area contributed by atoms with Gasteiger partial charge in [-0.05, 0) is 12.8 Å². The summed E-state index contributed by atoms with van der Waals surface area (Å²) in [4.78, 5) is 6.69. The van der Waals surface area contributed by atoms with Crippen LogP contribution in [0.3, 0.4) is 0 Å². The van der Waals surface area contributed by atoms with Crippen LogP contribution in [0.25, 0.3) is 11.4 Å². The van der Waals surface area contributed by atoms with Gasteiger partial charge in [-0.3, -0.25) is 0 Å². The molecule has 94 valence electrons. The Bertz CT molecular complexity index is 487. The van der Waals surface area contributed by atoms with Gasteiger partial charge in [0.05, 0.1) is 0 Å². The third-order valence-electron chi connectivity index (χ3n) is 3.32. The zero-order valence-corrected chi connectivity index (χ0v) is 10.4. The highest BCUT2D eigenvalue weighted by Gasteiger charge is 2.16. The van der Waals surface area contributed by atoms with Crippen molar-refractivity contribution in [3.63, 3.8) is 0 Å². The fourth-order valence-corrected chi connectivity index (χ4v) is 2.31. The minimum Gasteiger partial charge on any atom is -0.324 e. The lowest BCUT2D eigenvalue weighted by molar-refractivity contribution is 0.414. The highest BCUT2D eigenvalue weighted by atomic mass is 16.5. The number of aromatic nitrogens is 2. The van der Waals surface area contributed by atoms with Gasteiger partial charge in [0, 0.05) is 18.7 Å². The summed E-state index contributed by atoms with van der Waals surface area (Å²) in [7, 11) is 0. The van der Waals surface area contributed by atoms with Crippen LogP contribution in [0.5, 0.6) is 0 Å². The van der Waals surface area contributed by atoms with Crippen molar-refractivity contribution >= 4 is 6.01 Å². The van der Waals surface area contributed by atoms with Crippen molar-refractivity contribution in [2.45, 2.75) is 25.7 Å². The van der Waals surface area contributed by atoms with E-state index in [2.05, 4.69) is 15.0 Å². The quantitative estimate of drug-likeness (QED) is 0.812. The molecule has 1 aromatic heterocycles. The molecule has 1 saturated heterocycles. The van der Waals surface area contributed by atoms with Gasteiger partial charge in [0.15, 0.2) is 0 Å². The maximum absolute atomic E-state index is 5.38. The molecule has 4 heteroatoms.